The van der Waals surface area contributed by atoms with Gasteiger partial charge in [-0.15, -0.1) is 0 Å². The number of benzene rings is 1. The minimum absolute atomic E-state index is 0.0424. The molecule has 2 aromatic rings. The number of nitrogens with zero attached hydrogens (tertiary/aromatic N) is 2. The van der Waals surface area contributed by atoms with E-state index < -0.39 is 34.5 Å². The molecule has 0 saturated heterocycles. The summed E-state index contributed by atoms with van der Waals surface area (Å²) >= 11 is 0. The van der Waals surface area contributed by atoms with Gasteiger partial charge in [-0.05, 0) is 12.1 Å². The molecule has 0 aliphatic carbocycles. The normalized spacial score (nSPS) is 13.0. The second kappa shape index (κ2) is 5.26. The molecular formula is C11H10F4N2O3S. The molecule has 0 saturated carbocycles. The Hall–Kier alpha value is -1.68. The third kappa shape index (κ3) is 3.70. The predicted octanol–water partition coefficient (Wildman–Crippen LogP) is 2.17. The van der Waals surface area contributed by atoms with Crippen molar-refractivity contribution in [1.29, 1.82) is 0 Å². The number of aromatic nitrogens is 2. The molecule has 21 heavy (non-hydrogen) atoms. The zero-order valence-electron chi connectivity index (χ0n) is 10.7. The summed E-state index contributed by atoms with van der Waals surface area (Å²) in [6.45, 7) is -0.866. The van der Waals surface area contributed by atoms with E-state index in [0.29, 0.717) is 0 Å². The molecule has 116 valence electrons. The Kier molecular flexibility index (Phi) is 3.93. The Bertz CT molecular complexity index is 768. The van der Waals surface area contributed by atoms with Crippen molar-refractivity contribution in [3.63, 3.8) is 0 Å². The summed E-state index contributed by atoms with van der Waals surface area (Å²) in [5, 5.41) is 0. The average molecular weight is 326 g/mol. The van der Waals surface area contributed by atoms with Gasteiger partial charge in [0, 0.05) is 12.6 Å². The molecule has 2 rings (SSSR count). The number of halogens is 4. The summed E-state index contributed by atoms with van der Waals surface area (Å²) in [6, 6.07) is 3.02. The Labute approximate surface area is 117 Å². The smallest absolute Gasteiger partial charge is 0.318 e. The quantitative estimate of drug-likeness (QED) is 0.638. The molecule has 0 spiro atoms. The van der Waals surface area contributed by atoms with E-state index in [4.69, 9.17) is 0 Å². The molecule has 0 fully saturated rings. The number of imidazole rings is 1. The molecule has 1 aromatic heterocycles. The molecular weight excluding hydrogens is 316 g/mol. The number of fused-ring (bicyclic) bond motifs is 1. The van der Waals surface area contributed by atoms with Crippen molar-refractivity contribution in [2.45, 2.75) is 12.7 Å². The molecule has 0 unspecified atom stereocenters. The maximum absolute atomic E-state index is 13.0. The maximum atomic E-state index is 13.0. The highest BCUT2D eigenvalue weighted by Gasteiger charge is 2.37. The van der Waals surface area contributed by atoms with E-state index >= 15 is 0 Å². The Morgan fingerprint density at radius 3 is 2.57 bits per heavy atom. The lowest BCUT2D eigenvalue weighted by molar-refractivity contribution is -0.147. The van der Waals surface area contributed by atoms with Crippen molar-refractivity contribution in [2.75, 3.05) is 12.9 Å². The maximum Gasteiger partial charge on any atom is 0.449 e. The Morgan fingerprint density at radius 2 is 2.00 bits per heavy atom. The number of rotatable bonds is 4. The van der Waals surface area contributed by atoms with Crippen LogP contribution in [0, 0.1) is 5.82 Å². The first-order chi connectivity index (χ1) is 9.58. The highest BCUT2D eigenvalue weighted by molar-refractivity contribution is 7.85. The van der Waals surface area contributed by atoms with Gasteiger partial charge in [-0.1, -0.05) is 0 Å². The highest BCUT2D eigenvalue weighted by Crippen LogP contribution is 2.31. The van der Waals surface area contributed by atoms with Crippen molar-refractivity contribution in [3.8, 4) is 0 Å². The van der Waals surface area contributed by atoms with E-state index in [1.165, 1.54) is 0 Å². The van der Waals surface area contributed by atoms with Crippen LogP contribution in [0.1, 0.15) is 5.82 Å². The molecule has 0 aliphatic heterocycles. The summed E-state index contributed by atoms with van der Waals surface area (Å²) in [6.07, 6.45) is -3.96. The molecule has 5 nitrogen and oxygen atoms in total. The summed E-state index contributed by atoms with van der Waals surface area (Å²) in [5.74, 6) is -1.95. The van der Waals surface area contributed by atoms with Gasteiger partial charge >= 0.3 is 6.18 Å². The average Bonchev–Trinajstić information content (AvgIpc) is 2.65. The van der Waals surface area contributed by atoms with E-state index in [-0.39, 0.29) is 17.6 Å². The third-order valence-electron chi connectivity index (χ3n) is 2.58. The first-order valence-corrected chi connectivity index (χ1v) is 7.47. The molecule has 0 radical (unpaired) electrons. The summed E-state index contributed by atoms with van der Waals surface area (Å²) < 4.78 is 78.6. The van der Waals surface area contributed by atoms with Crippen LogP contribution in [0.2, 0.25) is 0 Å². The summed E-state index contributed by atoms with van der Waals surface area (Å²) in [7, 11) is -3.76. The standard InChI is InChI=1S/C11H10F4N2O3S/c1-21(18,19)20-5-4-17-9-3-2-7(12)6-8(9)16-10(17)11(13,14)15/h2-3,6H,4-5H2,1H3. The molecule has 0 aliphatic rings. The van der Waals surface area contributed by atoms with Crippen LogP contribution in [0.25, 0.3) is 11.0 Å². The molecule has 1 aromatic carbocycles. The summed E-state index contributed by atoms with van der Waals surface area (Å²) in [4.78, 5) is 3.35. The van der Waals surface area contributed by atoms with Crippen LogP contribution >= 0.6 is 0 Å². The second-order valence-electron chi connectivity index (χ2n) is 4.24. The number of hydrogen-bond donors (Lipinski definition) is 0. The van der Waals surface area contributed by atoms with Gasteiger partial charge in [0.15, 0.2) is 0 Å². The van der Waals surface area contributed by atoms with Crippen LogP contribution in [0.4, 0.5) is 17.6 Å². The zero-order valence-corrected chi connectivity index (χ0v) is 11.5. The molecule has 0 amide bonds. The Morgan fingerprint density at radius 1 is 1.33 bits per heavy atom. The lowest BCUT2D eigenvalue weighted by Gasteiger charge is -2.11. The minimum atomic E-state index is -4.75. The lowest BCUT2D eigenvalue weighted by atomic mass is 10.3. The van der Waals surface area contributed by atoms with E-state index in [9.17, 15) is 26.0 Å². The van der Waals surface area contributed by atoms with E-state index in [2.05, 4.69) is 9.17 Å². The van der Waals surface area contributed by atoms with Crippen molar-refractivity contribution in [1.82, 2.24) is 9.55 Å². The Balaban J connectivity index is 2.43. The molecule has 1 heterocycles. The zero-order chi connectivity index (χ0) is 15.8. The van der Waals surface area contributed by atoms with Gasteiger partial charge in [0.05, 0.1) is 23.9 Å². The van der Waals surface area contributed by atoms with Crippen LogP contribution in [0.5, 0.6) is 0 Å². The van der Waals surface area contributed by atoms with Crippen LogP contribution in [-0.4, -0.2) is 30.8 Å². The summed E-state index contributed by atoms with van der Waals surface area (Å²) in [5.41, 5.74) is -0.123. The van der Waals surface area contributed by atoms with Gasteiger partial charge in [-0.25, -0.2) is 9.37 Å². The fourth-order valence-corrected chi connectivity index (χ4v) is 2.20. The van der Waals surface area contributed by atoms with Gasteiger partial charge in [0.25, 0.3) is 10.1 Å². The first-order valence-electron chi connectivity index (χ1n) is 5.65. The fourth-order valence-electron chi connectivity index (χ4n) is 1.83. The SMILES string of the molecule is CS(=O)(=O)OCCn1c(C(F)(F)F)nc2cc(F)ccc21. The van der Waals surface area contributed by atoms with E-state index in [0.717, 1.165) is 29.0 Å². The highest BCUT2D eigenvalue weighted by atomic mass is 32.2. The topological polar surface area (TPSA) is 61.2 Å². The molecule has 0 N–H and O–H groups in total. The molecule has 0 atom stereocenters. The van der Waals surface area contributed by atoms with Gasteiger partial charge in [0.2, 0.25) is 5.82 Å². The van der Waals surface area contributed by atoms with Crippen LogP contribution in [-0.2, 0) is 27.0 Å². The number of hydrogen-bond acceptors (Lipinski definition) is 4. The monoisotopic (exact) mass is 326 g/mol. The van der Waals surface area contributed by atoms with E-state index in [1.54, 1.807) is 0 Å². The van der Waals surface area contributed by atoms with Gasteiger partial charge in [0.1, 0.15) is 5.82 Å². The van der Waals surface area contributed by atoms with Crippen molar-refractivity contribution >= 4 is 21.2 Å². The number of alkyl halides is 3. The van der Waals surface area contributed by atoms with Crippen molar-refractivity contribution < 1.29 is 30.2 Å². The second-order valence-corrected chi connectivity index (χ2v) is 5.89. The third-order valence-corrected chi connectivity index (χ3v) is 3.17. The first kappa shape index (κ1) is 15.7. The van der Waals surface area contributed by atoms with Gasteiger partial charge in [-0.2, -0.15) is 21.6 Å². The van der Waals surface area contributed by atoms with Gasteiger partial charge in [-0.3, -0.25) is 4.18 Å². The molecule has 10 heteroatoms. The lowest BCUT2D eigenvalue weighted by Crippen LogP contribution is -2.18. The largest absolute Gasteiger partial charge is 0.449 e. The predicted molar refractivity (Wildman–Crippen MR) is 65.5 cm³/mol. The van der Waals surface area contributed by atoms with Gasteiger partial charge < -0.3 is 4.57 Å². The van der Waals surface area contributed by atoms with Crippen LogP contribution in [0.15, 0.2) is 18.2 Å². The van der Waals surface area contributed by atoms with Crippen molar-refractivity contribution in [3.05, 3.63) is 29.8 Å². The minimum Gasteiger partial charge on any atom is -0.318 e. The molecule has 0 bridgehead atoms. The van der Waals surface area contributed by atoms with Crippen LogP contribution < -0.4 is 0 Å². The van der Waals surface area contributed by atoms with E-state index in [1.807, 2.05) is 0 Å². The van der Waals surface area contributed by atoms with Crippen LogP contribution in [0.3, 0.4) is 0 Å². The van der Waals surface area contributed by atoms with Crippen molar-refractivity contribution in [2.24, 2.45) is 0 Å². The fraction of sp³-hybridized carbons (Fsp3) is 0.364.